The topological polar surface area (TPSA) is 44.1 Å². The standard InChI is InChI=1S/C17H15FN2O2S/c18-12-5-3-11(4-6-12)14-9-23-16-15(14)17(21)20(10-19-16)8-13-2-1-7-22-13/h3-6,9-10,13H,1-2,7-8H2/t13-/m0/s1. The predicted molar refractivity (Wildman–Crippen MR) is 88.2 cm³/mol. The summed E-state index contributed by atoms with van der Waals surface area (Å²) in [6, 6.07) is 6.18. The van der Waals surface area contributed by atoms with E-state index < -0.39 is 0 Å². The number of hydrogen-bond donors (Lipinski definition) is 0. The van der Waals surface area contributed by atoms with Crippen LogP contribution in [0.5, 0.6) is 0 Å². The molecule has 1 aliphatic heterocycles. The molecule has 4 nitrogen and oxygen atoms in total. The van der Waals surface area contributed by atoms with Crippen molar-refractivity contribution in [3.05, 3.63) is 52.1 Å². The van der Waals surface area contributed by atoms with Crippen LogP contribution >= 0.6 is 11.3 Å². The highest BCUT2D eigenvalue weighted by Crippen LogP contribution is 2.30. The van der Waals surface area contributed by atoms with Crippen LogP contribution in [-0.4, -0.2) is 22.3 Å². The molecule has 23 heavy (non-hydrogen) atoms. The Labute approximate surface area is 136 Å². The number of thiophene rings is 1. The Kier molecular flexibility index (Phi) is 3.71. The number of benzene rings is 1. The van der Waals surface area contributed by atoms with E-state index in [0.717, 1.165) is 30.6 Å². The van der Waals surface area contributed by atoms with Crippen LogP contribution in [0.3, 0.4) is 0 Å². The van der Waals surface area contributed by atoms with Crippen LogP contribution in [0.4, 0.5) is 4.39 Å². The van der Waals surface area contributed by atoms with Gasteiger partial charge in [-0.2, -0.15) is 0 Å². The lowest BCUT2D eigenvalue weighted by atomic mass is 10.1. The van der Waals surface area contributed by atoms with E-state index in [1.807, 2.05) is 5.38 Å². The highest BCUT2D eigenvalue weighted by molar-refractivity contribution is 7.17. The summed E-state index contributed by atoms with van der Waals surface area (Å²) >= 11 is 1.43. The number of hydrogen-bond acceptors (Lipinski definition) is 4. The predicted octanol–water partition coefficient (Wildman–Crippen LogP) is 3.44. The van der Waals surface area contributed by atoms with E-state index in [2.05, 4.69) is 4.98 Å². The maximum atomic E-state index is 13.1. The minimum absolute atomic E-state index is 0.0638. The van der Waals surface area contributed by atoms with Crippen LogP contribution in [0.1, 0.15) is 12.8 Å². The van der Waals surface area contributed by atoms with Crippen molar-refractivity contribution in [1.29, 1.82) is 0 Å². The van der Waals surface area contributed by atoms with Crippen LogP contribution in [0.2, 0.25) is 0 Å². The molecule has 0 saturated carbocycles. The van der Waals surface area contributed by atoms with Gasteiger partial charge in [0.05, 0.1) is 24.4 Å². The molecule has 1 saturated heterocycles. The Balaban J connectivity index is 1.80. The van der Waals surface area contributed by atoms with E-state index in [4.69, 9.17) is 4.74 Å². The van der Waals surface area contributed by atoms with Gasteiger partial charge < -0.3 is 4.74 Å². The van der Waals surface area contributed by atoms with E-state index in [-0.39, 0.29) is 17.5 Å². The monoisotopic (exact) mass is 330 g/mol. The van der Waals surface area contributed by atoms with Crippen molar-refractivity contribution in [3.8, 4) is 11.1 Å². The smallest absolute Gasteiger partial charge is 0.262 e. The largest absolute Gasteiger partial charge is 0.376 e. The van der Waals surface area contributed by atoms with Crippen molar-refractivity contribution in [2.45, 2.75) is 25.5 Å². The number of nitrogens with zero attached hydrogens (tertiary/aromatic N) is 2. The van der Waals surface area contributed by atoms with Crippen LogP contribution in [0.15, 0.2) is 40.8 Å². The number of aromatic nitrogens is 2. The molecule has 0 radical (unpaired) electrons. The molecule has 0 bridgehead atoms. The molecule has 2 aromatic heterocycles. The summed E-state index contributed by atoms with van der Waals surface area (Å²) in [6.45, 7) is 1.29. The zero-order chi connectivity index (χ0) is 15.8. The van der Waals surface area contributed by atoms with Crippen molar-refractivity contribution in [2.24, 2.45) is 0 Å². The average molecular weight is 330 g/mol. The molecule has 1 aliphatic rings. The molecule has 3 aromatic rings. The van der Waals surface area contributed by atoms with E-state index in [1.54, 1.807) is 23.0 Å². The van der Waals surface area contributed by atoms with E-state index in [9.17, 15) is 9.18 Å². The summed E-state index contributed by atoms with van der Waals surface area (Å²) in [5.41, 5.74) is 1.57. The van der Waals surface area contributed by atoms with Gasteiger partial charge in [-0.25, -0.2) is 9.37 Å². The fourth-order valence-corrected chi connectivity index (χ4v) is 3.85. The van der Waals surface area contributed by atoms with Crippen molar-refractivity contribution < 1.29 is 9.13 Å². The Hall–Kier alpha value is -2.05. The summed E-state index contributed by atoms with van der Waals surface area (Å²) in [7, 11) is 0. The Morgan fingerprint density at radius 3 is 2.91 bits per heavy atom. The molecular weight excluding hydrogens is 315 g/mol. The molecule has 1 aromatic carbocycles. The van der Waals surface area contributed by atoms with Crippen molar-refractivity contribution in [1.82, 2.24) is 9.55 Å². The summed E-state index contributed by atoms with van der Waals surface area (Å²) in [6.07, 6.45) is 3.68. The van der Waals surface area contributed by atoms with E-state index in [0.29, 0.717) is 16.8 Å². The van der Waals surface area contributed by atoms with Gasteiger partial charge in [0.2, 0.25) is 0 Å². The zero-order valence-corrected chi connectivity index (χ0v) is 13.2. The molecule has 0 amide bonds. The van der Waals surface area contributed by atoms with Crippen LogP contribution in [0, 0.1) is 5.82 Å². The quantitative estimate of drug-likeness (QED) is 0.739. The van der Waals surface area contributed by atoms with E-state index in [1.165, 1.54) is 23.5 Å². The highest BCUT2D eigenvalue weighted by Gasteiger charge is 2.19. The van der Waals surface area contributed by atoms with Crippen LogP contribution in [-0.2, 0) is 11.3 Å². The van der Waals surface area contributed by atoms with Crippen molar-refractivity contribution >= 4 is 21.6 Å². The number of ether oxygens (including phenoxy) is 1. The molecule has 0 N–H and O–H groups in total. The molecule has 118 valence electrons. The number of halogens is 1. The molecule has 6 heteroatoms. The third-order valence-electron chi connectivity index (χ3n) is 4.14. The van der Waals surface area contributed by atoms with Gasteiger partial charge >= 0.3 is 0 Å². The fourth-order valence-electron chi connectivity index (χ4n) is 2.95. The van der Waals surface area contributed by atoms with Crippen molar-refractivity contribution in [2.75, 3.05) is 6.61 Å². The Morgan fingerprint density at radius 1 is 1.35 bits per heavy atom. The van der Waals surface area contributed by atoms with Crippen LogP contribution < -0.4 is 5.56 Å². The fraction of sp³-hybridized carbons (Fsp3) is 0.294. The second-order valence-corrected chi connectivity index (χ2v) is 6.53. The molecule has 1 atom stereocenters. The van der Waals surface area contributed by atoms with Gasteiger partial charge in [0.25, 0.3) is 5.56 Å². The molecule has 0 unspecified atom stereocenters. The Bertz CT molecular complexity index is 895. The van der Waals surface area contributed by atoms with Gasteiger partial charge in [0, 0.05) is 17.6 Å². The summed E-state index contributed by atoms with van der Waals surface area (Å²) in [4.78, 5) is 17.9. The normalized spacial score (nSPS) is 17.9. The third-order valence-corrected chi connectivity index (χ3v) is 5.03. The zero-order valence-electron chi connectivity index (χ0n) is 12.4. The second-order valence-electron chi connectivity index (χ2n) is 5.67. The van der Waals surface area contributed by atoms with Gasteiger partial charge in [-0.05, 0) is 30.5 Å². The first-order valence-electron chi connectivity index (χ1n) is 7.56. The van der Waals surface area contributed by atoms with E-state index >= 15 is 0 Å². The molecule has 1 fully saturated rings. The minimum atomic E-state index is -0.290. The molecule has 0 aliphatic carbocycles. The minimum Gasteiger partial charge on any atom is -0.376 e. The lowest BCUT2D eigenvalue weighted by Gasteiger charge is -2.11. The molecule has 3 heterocycles. The third kappa shape index (κ3) is 2.68. The second kappa shape index (κ2) is 5.86. The maximum absolute atomic E-state index is 13.1. The van der Waals surface area contributed by atoms with Crippen molar-refractivity contribution in [3.63, 3.8) is 0 Å². The van der Waals surface area contributed by atoms with Gasteiger partial charge in [0.15, 0.2) is 0 Å². The first kappa shape index (κ1) is 14.5. The number of fused-ring (bicyclic) bond motifs is 1. The highest BCUT2D eigenvalue weighted by atomic mass is 32.1. The first-order valence-corrected chi connectivity index (χ1v) is 8.44. The van der Waals surface area contributed by atoms with Gasteiger partial charge in [0.1, 0.15) is 10.6 Å². The molecular formula is C17H15FN2O2S. The average Bonchev–Trinajstić information content (AvgIpc) is 3.21. The SMILES string of the molecule is O=c1c2c(-c3ccc(F)cc3)csc2ncn1C[C@@H]1CCCO1. The summed E-state index contributed by atoms with van der Waals surface area (Å²) in [5, 5.41) is 2.50. The molecule has 0 spiro atoms. The maximum Gasteiger partial charge on any atom is 0.262 e. The summed E-state index contributed by atoms with van der Waals surface area (Å²) < 4.78 is 20.4. The lowest BCUT2D eigenvalue weighted by molar-refractivity contribution is 0.0960. The van der Waals surface area contributed by atoms with Crippen LogP contribution in [0.25, 0.3) is 21.3 Å². The van der Waals surface area contributed by atoms with Gasteiger partial charge in [-0.1, -0.05) is 12.1 Å². The van der Waals surface area contributed by atoms with Gasteiger partial charge in [-0.3, -0.25) is 9.36 Å². The lowest BCUT2D eigenvalue weighted by Crippen LogP contribution is -2.26. The van der Waals surface area contributed by atoms with Gasteiger partial charge in [-0.15, -0.1) is 11.3 Å². The Morgan fingerprint density at radius 2 is 2.17 bits per heavy atom. The number of rotatable bonds is 3. The summed E-state index contributed by atoms with van der Waals surface area (Å²) in [5.74, 6) is -0.290. The molecule has 4 rings (SSSR count). The first-order chi connectivity index (χ1) is 11.2.